The Hall–Kier alpha value is -2.58. The van der Waals surface area contributed by atoms with E-state index in [2.05, 4.69) is 13.8 Å². The van der Waals surface area contributed by atoms with E-state index in [-0.39, 0.29) is 30.7 Å². The smallest absolute Gasteiger partial charge is 0.375 e. The van der Waals surface area contributed by atoms with Gasteiger partial charge in [-0.1, -0.05) is 57.0 Å². The van der Waals surface area contributed by atoms with Gasteiger partial charge in [0.1, 0.15) is 12.7 Å². The minimum absolute atomic E-state index is 0.112. The molecule has 2 atom stereocenters. The number of aliphatic hydroxyl groups excluding tert-OH is 2. The number of rotatable bonds is 12. The third kappa shape index (κ3) is 11.4. The number of aliphatic hydroxyl groups is 2. The molecule has 0 saturated carbocycles. The van der Waals surface area contributed by atoms with Crippen molar-refractivity contribution in [2.75, 3.05) is 27.4 Å². The van der Waals surface area contributed by atoms with Gasteiger partial charge in [-0.3, -0.25) is 4.79 Å². The molecule has 0 spiro atoms. The lowest BCUT2D eigenvalue weighted by Gasteiger charge is -2.09. The van der Waals surface area contributed by atoms with Crippen LogP contribution in [-0.4, -0.2) is 60.8 Å². The fraction of sp³-hybridized carbons (Fsp3) is 0.545. The molecule has 0 amide bonds. The number of methoxy groups -OCH3 is 2. The van der Waals surface area contributed by atoms with Crippen molar-refractivity contribution in [3.05, 3.63) is 41.7 Å². The zero-order valence-electron chi connectivity index (χ0n) is 18.2. The summed E-state index contributed by atoms with van der Waals surface area (Å²) < 4.78 is 14.6. The molecule has 1 rings (SSSR count). The lowest BCUT2D eigenvalue weighted by atomic mass is 10.0. The first kappa shape index (κ1) is 27.4. The van der Waals surface area contributed by atoms with Crippen LogP contribution in [0.1, 0.15) is 45.1 Å². The molecule has 0 saturated heterocycles. The van der Waals surface area contributed by atoms with E-state index >= 15 is 0 Å². The third-order valence-electron chi connectivity index (χ3n) is 4.27. The second kappa shape index (κ2) is 16.2. The molecule has 0 aromatic heterocycles. The molecule has 0 bridgehead atoms. The summed E-state index contributed by atoms with van der Waals surface area (Å²) in [6.45, 7) is 3.79. The number of esters is 1. The van der Waals surface area contributed by atoms with E-state index in [1.807, 2.05) is 6.07 Å². The Morgan fingerprint density at radius 2 is 1.73 bits per heavy atom. The van der Waals surface area contributed by atoms with Crippen molar-refractivity contribution in [2.45, 2.75) is 45.6 Å². The van der Waals surface area contributed by atoms with Crippen LogP contribution in [0.3, 0.4) is 0 Å². The zero-order chi connectivity index (χ0) is 22.9. The normalized spacial score (nSPS) is 13.1. The van der Waals surface area contributed by atoms with Gasteiger partial charge in [0, 0.05) is 12.0 Å². The third-order valence-corrected chi connectivity index (χ3v) is 4.27. The summed E-state index contributed by atoms with van der Waals surface area (Å²) in [5.74, 6) is -0.806. The molecule has 2 unspecified atom stereocenters. The van der Waals surface area contributed by atoms with Crippen molar-refractivity contribution in [3.63, 3.8) is 0 Å². The molecule has 8 heteroatoms. The van der Waals surface area contributed by atoms with Crippen LogP contribution in [-0.2, 0) is 23.8 Å². The van der Waals surface area contributed by atoms with Crippen LogP contribution in [0.25, 0.3) is 5.76 Å². The fourth-order valence-electron chi connectivity index (χ4n) is 2.32. The van der Waals surface area contributed by atoms with Gasteiger partial charge in [0.15, 0.2) is 5.76 Å². The maximum Gasteiger partial charge on any atom is 0.375 e. The molecule has 0 aliphatic heterocycles. The molecule has 8 nitrogen and oxygen atoms in total. The van der Waals surface area contributed by atoms with E-state index in [9.17, 15) is 9.59 Å². The van der Waals surface area contributed by atoms with Crippen LogP contribution in [0.2, 0.25) is 0 Å². The number of aliphatic carboxylic acids is 1. The van der Waals surface area contributed by atoms with Gasteiger partial charge in [0.25, 0.3) is 0 Å². The first-order valence-electron chi connectivity index (χ1n) is 9.86. The monoisotopic (exact) mass is 426 g/mol. The second-order valence-corrected chi connectivity index (χ2v) is 6.66. The number of carboxylic acids is 1. The van der Waals surface area contributed by atoms with Crippen molar-refractivity contribution in [2.24, 2.45) is 5.92 Å². The van der Waals surface area contributed by atoms with E-state index in [1.165, 1.54) is 14.2 Å². The van der Waals surface area contributed by atoms with Gasteiger partial charge in [-0.15, -0.1) is 0 Å². The number of hydrogen-bond acceptors (Lipinski definition) is 7. The van der Waals surface area contributed by atoms with E-state index in [0.717, 1.165) is 19.3 Å². The predicted octanol–water partition coefficient (Wildman–Crippen LogP) is 2.83. The Kier molecular flexibility index (Phi) is 14.8. The number of benzene rings is 1. The molecule has 0 heterocycles. The molecule has 170 valence electrons. The highest BCUT2D eigenvalue weighted by molar-refractivity contribution is 5.92. The molecule has 0 aliphatic carbocycles. The maximum absolute atomic E-state index is 11.1. The Labute approximate surface area is 178 Å². The number of ether oxygens (including phenoxy) is 3. The Bertz CT molecular complexity index is 642. The van der Waals surface area contributed by atoms with E-state index < -0.39 is 12.1 Å². The highest BCUT2D eigenvalue weighted by Gasteiger charge is 2.17. The average Bonchev–Trinajstić information content (AvgIpc) is 2.76. The highest BCUT2D eigenvalue weighted by Crippen LogP contribution is 2.19. The summed E-state index contributed by atoms with van der Waals surface area (Å²) in [5, 5.41) is 26.3. The Morgan fingerprint density at radius 3 is 2.20 bits per heavy atom. The maximum atomic E-state index is 11.1. The van der Waals surface area contributed by atoms with Gasteiger partial charge >= 0.3 is 11.9 Å². The molecule has 0 radical (unpaired) electrons. The molecule has 0 fully saturated rings. The van der Waals surface area contributed by atoms with Gasteiger partial charge < -0.3 is 29.5 Å². The quantitative estimate of drug-likeness (QED) is 0.265. The van der Waals surface area contributed by atoms with Gasteiger partial charge in [-0.05, 0) is 12.3 Å². The lowest BCUT2D eigenvalue weighted by Crippen LogP contribution is -2.21. The standard InChI is InChI=1S/C11H12O4.C11H22O4/c1-14-9(10(15-2)11(12)13)8-6-4-3-5-7-8;1-3-9(2)5-4-6-11(14)15-8-10(13)7-12/h3-7H,1-2H3,(H,12,13);9-10,12-13H,3-8H2,1-2H3. The topological polar surface area (TPSA) is 123 Å². The average molecular weight is 427 g/mol. The minimum Gasteiger partial charge on any atom is -0.492 e. The van der Waals surface area contributed by atoms with Crippen molar-refractivity contribution < 1.29 is 39.1 Å². The number of carbonyl (C=O) groups is 2. The molecule has 1 aromatic rings. The van der Waals surface area contributed by atoms with Crippen LogP contribution in [0.4, 0.5) is 0 Å². The summed E-state index contributed by atoms with van der Waals surface area (Å²) in [6, 6.07) is 8.93. The van der Waals surface area contributed by atoms with Gasteiger partial charge in [-0.25, -0.2) is 4.79 Å². The Balaban J connectivity index is 0.000000561. The minimum atomic E-state index is -1.15. The van der Waals surface area contributed by atoms with Gasteiger partial charge in [0.05, 0.1) is 20.8 Å². The summed E-state index contributed by atoms with van der Waals surface area (Å²) in [4.78, 5) is 22.0. The van der Waals surface area contributed by atoms with Gasteiger partial charge in [0.2, 0.25) is 5.76 Å². The van der Waals surface area contributed by atoms with Crippen LogP contribution in [0, 0.1) is 5.92 Å². The summed E-state index contributed by atoms with van der Waals surface area (Å²) >= 11 is 0. The molecule has 30 heavy (non-hydrogen) atoms. The number of hydrogen-bond donors (Lipinski definition) is 3. The molecule has 1 aromatic carbocycles. The summed E-state index contributed by atoms with van der Waals surface area (Å²) in [5.41, 5.74) is 0.666. The van der Waals surface area contributed by atoms with E-state index in [4.69, 9.17) is 29.5 Å². The van der Waals surface area contributed by atoms with Gasteiger partial charge in [-0.2, -0.15) is 0 Å². The van der Waals surface area contributed by atoms with Crippen LogP contribution in [0.15, 0.2) is 36.1 Å². The van der Waals surface area contributed by atoms with E-state index in [0.29, 0.717) is 17.9 Å². The lowest BCUT2D eigenvalue weighted by molar-refractivity contribution is -0.147. The molecule has 0 aliphatic rings. The summed E-state index contributed by atoms with van der Waals surface area (Å²) in [7, 11) is 2.70. The van der Waals surface area contributed by atoms with Crippen molar-refractivity contribution >= 4 is 17.7 Å². The van der Waals surface area contributed by atoms with Crippen LogP contribution >= 0.6 is 0 Å². The van der Waals surface area contributed by atoms with Crippen molar-refractivity contribution in [3.8, 4) is 0 Å². The molecular weight excluding hydrogens is 392 g/mol. The summed E-state index contributed by atoms with van der Waals surface area (Å²) in [6.07, 6.45) is 2.40. The SMILES string of the molecule is CCC(C)CCCC(=O)OCC(O)CO.COC(C(=O)O)=C(OC)c1ccccc1. The van der Waals surface area contributed by atoms with Crippen LogP contribution < -0.4 is 0 Å². The first-order valence-corrected chi connectivity index (χ1v) is 9.86. The number of carbonyl (C=O) groups excluding carboxylic acids is 1. The van der Waals surface area contributed by atoms with Crippen molar-refractivity contribution in [1.29, 1.82) is 0 Å². The van der Waals surface area contributed by atoms with E-state index in [1.54, 1.807) is 24.3 Å². The predicted molar refractivity (Wildman–Crippen MR) is 112 cm³/mol. The molecular formula is C22H34O8. The number of carboxylic acid groups (broad SMARTS) is 1. The zero-order valence-corrected chi connectivity index (χ0v) is 18.2. The largest absolute Gasteiger partial charge is 0.492 e. The molecule has 3 N–H and O–H groups in total. The van der Waals surface area contributed by atoms with Crippen molar-refractivity contribution in [1.82, 2.24) is 0 Å². The Morgan fingerprint density at radius 1 is 1.10 bits per heavy atom. The highest BCUT2D eigenvalue weighted by atomic mass is 16.5. The van der Waals surface area contributed by atoms with Crippen LogP contribution in [0.5, 0.6) is 0 Å². The first-order chi connectivity index (χ1) is 14.3. The fourth-order valence-corrected chi connectivity index (χ4v) is 2.32. The second-order valence-electron chi connectivity index (χ2n) is 6.66.